The Bertz CT molecular complexity index is 399. The smallest absolute Gasteiger partial charge is 0.127 e. The first-order valence-electron chi connectivity index (χ1n) is 6.26. The van der Waals surface area contributed by atoms with Crippen LogP contribution in [0.2, 0.25) is 5.02 Å². The van der Waals surface area contributed by atoms with Gasteiger partial charge in [0.05, 0.1) is 5.60 Å². The lowest BCUT2D eigenvalue weighted by molar-refractivity contribution is -0.0462. The highest BCUT2D eigenvalue weighted by Crippen LogP contribution is 2.23. The van der Waals surface area contributed by atoms with Crippen LogP contribution >= 0.6 is 11.6 Å². The van der Waals surface area contributed by atoms with E-state index in [4.69, 9.17) is 22.1 Å². The first-order valence-corrected chi connectivity index (χ1v) is 6.64. The van der Waals surface area contributed by atoms with Gasteiger partial charge in [-0.05, 0) is 44.4 Å². The van der Waals surface area contributed by atoms with E-state index in [2.05, 4.69) is 0 Å². The zero-order chi connectivity index (χ0) is 13.8. The van der Waals surface area contributed by atoms with Crippen LogP contribution in [0.5, 0.6) is 0 Å². The Morgan fingerprint density at radius 3 is 2.61 bits per heavy atom. The van der Waals surface area contributed by atoms with Crippen LogP contribution in [0.25, 0.3) is 0 Å². The molecule has 2 atom stereocenters. The number of halogens is 2. The molecule has 4 heteroatoms. The lowest BCUT2D eigenvalue weighted by Crippen LogP contribution is -2.48. The molecule has 0 fully saturated rings. The molecule has 0 radical (unpaired) electrons. The largest absolute Gasteiger partial charge is 0.374 e. The normalized spacial score (nSPS) is 16.3. The summed E-state index contributed by atoms with van der Waals surface area (Å²) in [6, 6.07) is 4.42. The summed E-state index contributed by atoms with van der Waals surface area (Å²) in [7, 11) is 0. The number of hydrogen-bond acceptors (Lipinski definition) is 2. The van der Waals surface area contributed by atoms with Crippen molar-refractivity contribution in [3.8, 4) is 0 Å². The molecule has 0 heterocycles. The molecule has 0 aliphatic heterocycles. The van der Waals surface area contributed by atoms with Crippen molar-refractivity contribution in [2.45, 2.75) is 45.3 Å². The minimum absolute atomic E-state index is 0.252. The number of rotatable bonds is 6. The van der Waals surface area contributed by atoms with Crippen LogP contribution < -0.4 is 5.73 Å². The Morgan fingerprint density at radius 1 is 1.44 bits per heavy atom. The maximum atomic E-state index is 13.7. The summed E-state index contributed by atoms with van der Waals surface area (Å²) in [5, 5.41) is 0.396. The van der Waals surface area contributed by atoms with Crippen LogP contribution in [0.1, 0.15) is 32.8 Å². The molecule has 2 unspecified atom stereocenters. The van der Waals surface area contributed by atoms with Gasteiger partial charge in [0.25, 0.3) is 0 Å². The number of nitrogens with two attached hydrogens (primary N) is 1. The molecule has 0 saturated carbocycles. The zero-order valence-electron chi connectivity index (χ0n) is 11.2. The zero-order valence-corrected chi connectivity index (χ0v) is 11.9. The Morgan fingerprint density at radius 2 is 2.11 bits per heavy atom. The van der Waals surface area contributed by atoms with E-state index in [9.17, 15) is 4.39 Å². The molecule has 1 rings (SSSR count). The lowest BCUT2D eigenvalue weighted by Gasteiger charge is -2.34. The predicted octanol–water partition coefficient (Wildman–Crippen LogP) is 3.55. The molecule has 0 aliphatic rings. The fourth-order valence-electron chi connectivity index (χ4n) is 1.94. The Kier molecular flexibility index (Phi) is 5.57. The van der Waals surface area contributed by atoms with Crippen LogP contribution in [-0.4, -0.2) is 18.2 Å². The van der Waals surface area contributed by atoms with E-state index >= 15 is 0 Å². The van der Waals surface area contributed by atoms with Crippen molar-refractivity contribution in [3.63, 3.8) is 0 Å². The van der Waals surface area contributed by atoms with Gasteiger partial charge in [-0.15, -0.1) is 0 Å². The third-order valence-electron chi connectivity index (χ3n) is 3.42. The van der Waals surface area contributed by atoms with Crippen LogP contribution in [-0.2, 0) is 11.2 Å². The number of benzene rings is 1. The van der Waals surface area contributed by atoms with Gasteiger partial charge < -0.3 is 10.5 Å². The predicted molar refractivity (Wildman–Crippen MR) is 73.4 cm³/mol. The molecular weight excluding hydrogens is 253 g/mol. The first-order chi connectivity index (χ1) is 8.42. The highest BCUT2D eigenvalue weighted by Gasteiger charge is 2.31. The van der Waals surface area contributed by atoms with Crippen molar-refractivity contribution in [3.05, 3.63) is 34.6 Å². The topological polar surface area (TPSA) is 35.2 Å². The molecule has 0 saturated heterocycles. The second kappa shape index (κ2) is 6.50. The summed E-state index contributed by atoms with van der Waals surface area (Å²) < 4.78 is 19.4. The van der Waals surface area contributed by atoms with Gasteiger partial charge in [0.15, 0.2) is 0 Å². The highest BCUT2D eigenvalue weighted by atomic mass is 35.5. The van der Waals surface area contributed by atoms with E-state index in [1.54, 1.807) is 12.1 Å². The van der Waals surface area contributed by atoms with E-state index in [1.165, 1.54) is 6.07 Å². The highest BCUT2D eigenvalue weighted by molar-refractivity contribution is 6.30. The fourth-order valence-corrected chi connectivity index (χ4v) is 2.10. The van der Waals surface area contributed by atoms with E-state index in [0.717, 1.165) is 6.42 Å². The monoisotopic (exact) mass is 273 g/mol. The molecular formula is C14H21ClFNO. The third kappa shape index (κ3) is 3.67. The van der Waals surface area contributed by atoms with Crippen LogP contribution in [0, 0.1) is 5.82 Å². The van der Waals surface area contributed by atoms with Gasteiger partial charge >= 0.3 is 0 Å². The molecule has 18 heavy (non-hydrogen) atoms. The Labute approximate surface area is 113 Å². The third-order valence-corrected chi connectivity index (χ3v) is 3.65. The molecule has 0 spiro atoms. The van der Waals surface area contributed by atoms with Gasteiger partial charge in [0.2, 0.25) is 0 Å². The molecule has 1 aromatic rings. The van der Waals surface area contributed by atoms with Gasteiger partial charge in [-0.3, -0.25) is 0 Å². The molecule has 0 aromatic heterocycles. The van der Waals surface area contributed by atoms with Crippen molar-refractivity contribution in [1.82, 2.24) is 0 Å². The molecule has 2 N–H and O–H groups in total. The maximum Gasteiger partial charge on any atom is 0.127 e. The van der Waals surface area contributed by atoms with Gasteiger partial charge in [-0.25, -0.2) is 4.39 Å². The van der Waals surface area contributed by atoms with E-state index < -0.39 is 5.60 Å². The van der Waals surface area contributed by atoms with Crippen molar-refractivity contribution >= 4 is 11.6 Å². The van der Waals surface area contributed by atoms with Crippen molar-refractivity contribution in [2.75, 3.05) is 6.61 Å². The van der Waals surface area contributed by atoms with Crippen LogP contribution in [0.4, 0.5) is 4.39 Å². The fraction of sp³-hybridized carbons (Fsp3) is 0.571. The summed E-state index contributed by atoms with van der Waals surface area (Å²) in [6.45, 7) is 6.52. The molecule has 0 amide bonds. The summed E-state index contributed by atoms with van der Waals surface area (Å²) in [4.78, 5) is 0. The van der Waals surface area contributed by atoms with Crippen molar-refractivity contribution in [1.29, 1.82) is 0 Å². The number of hydrogen-bond donors (Lipinski definition) is 1. The van der Waals surface area contributed by atoms with E-state index in [1.807, 2.05) is 20.8 Å². The van der Waals surface area contributed by atoms with Gasteiger partial charge in [-0.1, -0.05) is 24.6 Å². The first kappa shape index (κ1) is 15.4. The summed E-state index contributed by atoms with van der Waals surface area (Å²) >= 11 is 5.72. The van der Waals surface area contributed by atoms with E-state index in [-0.39, 0.29) is 11.9 Å². The minimum Gasteiger partial charge on any atom is -0.374 e. The van der Waals surface area contributed by atoms with Crippen LogP contribution in [0.15, 0.2) is 18.2 Å². The van der Waals surface area contributed by atoms with Crippen molar-refractivity contribution in [2.24, 2.45) is 5.73 Å². The average Bonchev–Trinajstić information content (AvgIpc) is 2.32. The standard InChI is InChI=1S/C14H21ClFNO/c1-4-14(3,18-5-2)13(17)8-10-6-7-11(15)9-12(10)16/h6-7,9,13H,4-5,8,17H2,1-3H3. The van der Waals surface area contributed by atoms with Gasteiger partial charge in [-0.2, -0.15) is 0 Å². The molecule has 1 aromatic carbocycles. The van der Waals surface area contributed by atoms with Gasteiger partial charge in [0.1, 0.15) is 5.82 Å². The second-order valence-electron chi connectivity index (χ2n) is 4.65. The SMILES string of the molecule is CCOC(C)(CC)C(N)Cc1ccc(Cl)cc1F. The Balaban J connectivity index is 2.82. The molecule has 0 bridgehead atoms. The quantitative estimate of drug-likeness (QED) is 0.860. The number of ether oxygens (including phenoxy) is 1. The second-order valence-corrected chi connectivity index (χ2v) is 5.08. The maximum absolute atomic E-state index is 13.7. The lowest BCUT2D eigenvalue weighted by atomic mass is 9.89. The Hall–Kier alpha value is -0.640. The van der Waals surface area contributed by atoms with E-state index in [0.29, 0.717) is 23.6 Å². The molecule has 2 nitrogen and oxygen atoms in total. The minimum atomic E-state index is -0.430. The van der Waals surface area contributed by atoms with Crippen LogP contribution in [0.3, 0.4) is 0 Å². The molecule has 0 aliphatic carbocycles. The van der Waals surface area contributed by atoms with Crippen molar-refractivity contribution < 1.29 is 9.13 Å². The van der Waals surface area contributed by atoms with Gasteiger partial charge in [0, 0.05) is 17.7 Å². The summed E-state index contributed by atoms with van der Waals surface area (Å²) in [6.07, 6.45) is 1.23. The average molecular weight is 274 g/mol. The molecule has 102 valence electrons. The summed E-state index contributed by atoms with van der Waals surface area (Å²) in [5.74, 6) is -0.312. The summed E-state index contributed by atoms with van der Waals surface area (Å²) in [5.41, 5.74) is 6.31.